The van der Waals surface area contributed by atoms with Gasteiger partial charge in [0.15, 0.2) is 11.2 Å². The average molecular weight is 456 g/mol. The van der Waals surface area contributed by atoms with Crippen LogP contribution < -0.4 is 11.2 Å². The molecular formula is C27H29N5O2. The lowest BCUT2D eigenvalue weighted by molar-refractivity contribution is 0.321. The molecule has 34 heavy (non-hydrogen) atoms. The van der Waals surface area contributed by atoms with Crippen LogP contribution in [0.25, 0.3) is 23.3 Å². The molecule has 174 valence electrons. The number of fused-ring (bicyclic) bond motifs is 1. The number of rotatable bonds is 9. The summed E-state index contributed by atoms with van der Waals surface area (Å²) in [5, 5.41) is 0. The van der Waals surface area contributed by atoms with E-state index in [1.165, 1.54) is 11.6 Å². The van der Waals surface area contributed by atoms with Crippen molar-refractivity contribution in [2.24, 2.45) is 14.1 Å². The van der Waals surface area contributed by atoms with Crippen LogP contribution in [0.2, 0.25) is 0 Å². The molecule has 0 fully saturated rings. The van der Waals surface area contributed by atoms with Gasteiger partial charge in [-0.1, -0.05) is 85.0 Å². The van der Waals surface area contributed by atoms with Crippen molar-refractivity contribution in [2.75, 3.05) is 19.6 Å². The second kappa shape index (κ2) is 10.8. The first-order chi connectivity index (χ1) is 16.5. The van der Waals surface area contributed by atoms with Crippen molar-refractivity contribution in [3.8, 4) is 0 Å². The molecule has 0 aliphatic carbocycles. The number of nitrogens with zero attached hydrogens (tertiary/aromatic N) is 5. The minimum absolute atomic E-state index is 0.324. The van der Waals surface area contributed by atoms with E-state index < -0.39 is 0 Å². The summed E-state index contributed by atoms with van der Waals surface area (Å²) in [4.78, 5) is 31.6. The SMILES string of the molecule is Cn1c(=O)c2c(ncn2CCN(C/C=C/c2ccccc2)C/C=C/c2ccccc2)n(C)c1=O. The van der Waals surface area contributed by atoms with Crippen molar-refractivity contribution >= 4 is 23.3 Å². The Hall–Kier alpha value is -3.97. The summed E-state index contributed by atoms with van der Waals surface area (Å²) in [6.45, 7) is 2.83. The van der Waals surface area contributed by atoms with E-state index >= 15 is 0 Å². The zero-order chi connectivity index (χ0) is 23.9. The van der Waals surface area contributed by atoms with Crippen LogP contribution >= 0.6 is 0 Å². The predicted molar refractivity (Wildman–Crippen MR) is 138 cm³/mol. The van der Waals surface area contributed by atoms with E-state index in [0.717, 1.165) is 35.3 Å². The Bertz CT molecular complexity index is 1360. The number of imidazole rings is 1. The summed E-state index contributed by atoms with van der Waals surface area (Å²) in [6, 6.07) is 20.4. The number of aromatic nitrogens is 4. The molecule has 0 unspecified atom stereocenters. The second-order valence-electron chi connectivity index (χ2n) is 8.20. The van der Waals surface area contributed by atoms with E-state index in [0.29, 0.717) is 17.7 Å². The summed E-state index contributed by atoms with van der Waals surface area (Å²) >= 11 is 0. The molecule has 0 N–H and O–H groups in total. The number of benzene rings is 2. The van der Waals surface area contributed by atoms with Crippen LogP contribution in [0.15, 0.2) is 88.7 Å². The van der Waals surface area contributed by atoms with Gasteiger partial charge in [0.25, 0.3) is 5.56 Å². The first kappa shape index (κ1) is 23.2. The van der Waals surface area contributed by atoms with Crippen LogP contribution in [0.5, 0.6) is 0 Å². The van der Waals surface area contributed by atoms with E-state index in [1.54, 1.807) is 13.4 Å². The summed E-state index contributed by atoms with van der Waals surface area (Å²) in [6.07, 6.45) is 10.2. The van der Waals surface area contributed by atoms with Gasteiger partial charge in [-0.3, -0.25) is 18.8 Å². The van der Waals surface area contributed by atoms with Crippen molar-refractivity contribution in [1.29, 1.82) is 0 Å². The fraction of sp³-hybridized carbons (Fsp3) is 0.222. The predicted octanol–water partition coefficient (Wildman–Crippen LogP) is 3.16. The Kier molecular flexibility index (Phi) is 7.34. The van der Waals surface area contributed by atoms with Crippen LogP contribution in [0.4, 0.5) is 0 Å². The standard InChI is InChI=1S/C27H29N5O2/c1-29-25-24(26(33)30(2)27(29)34)32(21-28-25)20-19-31(17-9-15-22-11-5-3-6-12-22)18-10-16-23-13-7-4-8-14-23/h3-16,21H,17-20H2,1-2H3/b15-9+,16-10+. The van der Waals surface area contributed by atoms with E-state index in [-0.39, 0.29) is 11.2 Å². The third-order valence-corrected chi connectivity index (χ3v) is 5.82. The average Bonchev–Trinajstić information content (AvgIpc) is 3.30. The highest BCUT2D eigenvalue weighted by Crippen LogP contribution is 2.07. The molecule has 0 bridgehead atoms. The van der Waals surface area contributed by atoms with Gasteiger partial charge in [0.1, 0.15) is 0 Å². The Morgan fingerprint density at radius 3 is 1.94 bits per heavy atom. The number of hydrogen-bond donors (Lipinski definition) is 0. The number of hydrogen-bond acceptors (Lipinski definition) is 4. The van der Waals surface area contributed by atoms with Crippen LogP contribution in [-0.4, -0.2) is 43.2 Å². The monoisotopic (exact) mass is 455 g/mol. The van der Waals surface area contributed by atoms with E-state index in [2.05, 4.69) is 58.5 Å². The molecule has 0 aliphatic rings. The molecule has 4 aromatic rings. The summed E-state index contributed by atoms with van der Waals surface area (Å²) in [5.74, 6) is 0. The minimum Gasteiger partial charge on any atom is -0.323 e. The topological polar surface area (TPSA) is 65.1 Å². The molecular weight excluding hydrogens is 426 g/mol. The van der Waals surface area contributed by atoms with Gasteiger partial charge in [-0.2, -0.15) is 0 Å². The van der Waals surface area contributed by atoms with Gasteiger partial charge in [0.05, 0.1) is 6.33 Å². The Morgan fingerprint density at radius 2 is 1.38 bits per heavy atom. The first-order valence-electron chi connectivity index (χ1n) is 11.3. The van der Waals surface area contributed by atoms with Crippen LogP contribution in [0.1, 0.15) is 11.1 Å². The van der Waals surface area contributed by atoms with Crippen LogP contribution in [-0.2, 0) is 20.6 Å². The maximum atomic E-state index is 12.7. The molecule has 2 aromatic heterocycles. The van der Waals surface area contributed by atoms with E-state index in [4.69, 9.17) is 0 Å². The lowest BCUT2D eigenvalue weighted by Gasteiger charge is -2.19. The lowest BCUT2D eigenvalue weighted by atomic mass is 10.2. The van der Waals surface area contributed by atoms with E-state index in [1.807, 2.05) is 41.0 Å². The minimum atomic E-state index is -0.374. The zero-order valence-corrected chi connectivity index (χ0v) is 19.5. The number of aryl methyl sites for hydroxylation is 1. The maximum absolute atomic E-state index is 12.7. The van der Waals surface area contributed by atoms with Crippen LogP contribution in [0.3, 0.4) is 0 Å². The van der Waals surface area contributed by atoms with Gasteiger partial charge in [-0.05, 0) is 11.1 Å². The van der Waals surface area contributed by atoms with Crippen molar-refractivity contribution in [1.82, 2.24) is 23.6 Å². The molecule has 0 spiro atoms. The zero-order valence-electron chi connectivity index (χ0n) is 19.5. The van der Waals surface area contributed by atoms with Gasteiger partial charge in [0, 0.05) is 40.3 Å². The largest absolute Gasteiger partial charge is 0.332 e. The van der Waals surface area contributed by atoms with Gasteiger partial charge >= 0.3 is 5.69 Å². The molecule has 7 nitrogen and oxygen atoms in total. The highest BCUT2D eigenvalue weighted by atomic mass is 16.2. The summed E-state index contributed by atoms with van der Waals surface area (Å²) in [7, 11) is 3.13. The molecule has 0 saturated heterocycles. The van der Waals surface area contributed by atoms with Crippen molar-refractivity contribution in [2.45, 2.75) is 6.54 Å². The Balaban J connectivity index is 1.51. The summed E-state index contributed by atoms with van der Waals surface area (Å²) < 4.78 is 4.38. The molecule has 4 rings (SSSR count). The molecule has 2 aromatic carbocycles. The lowest BCUT2D eigenvalue weighted by Crippen LogP contribution is -2.38. The van der Waals surface area contributed by atoms with Crippen LogP contribution in [0, 0.1) is 0 Å². The maximum Gasteiger partial charge on any atom is 0.332 e. The normalized spacial score (nSPS) is 12.0. The molecule has 0 amide bonds. The Morgan fingerprint density at radius 1 is 0.824 bits per heavy atom. The van der Waals surface area contributed by atoms with Gasteiger partial charge in [0.2, 0.25) is 0 Å². The molecule has 0 atom stereocenters. The van der Waals surface area contributed by atoms with Crippen molar-refractivity contribution in [3.63, 3.8) is 0 Å². The third kappa shape index (κ3) is 5.32. The quantitative estimate of drug-likeness (QED) is 0.389. The van der Waals surface area contributed by atoms with Gasteiger partial charge in [-0.15, -0.1) is 0 Å². The van der Waals surface area contributed by atoms with Gasteiger partial charge < -0.3 is 4.57 Å². The first-order valence-corrected chi connectivity index (χ1v) is 11.3. The smallest absolute Gasteiger partial charge is 0.323 e. The molecule has 0 saturated carbocycles. The molecule has 2 heterocycles. The van der Waals surface area contributed by atoms with Crippen molar-refractivity contribution < 1.29 is 0 Å². The van der Waals surface area contributed by atoms with Gasteiger partial charge in [-0.25, -0.2) is 9.78 Å². The fourth-order valence-electron chi connectivity index (χ4n) is 3.88. The fourth-order valence-corrected chi connectivity index (χ4v) is 3.88. The van der Waals surface area contributed by atoms with Crippen molar-refractivity contribution in [3.05, 3.63) is 111 Å². The molecule has 0 radical (unpaired) electrons. The second-order valence-corrected chi connectivity index (χ2v) is 8.20. The van der Waals surface area contributed by atoms with E-state index in [9.17, 15) is 9.59 Å². The Labute approximate surface area is 198 Å². The molecule has 7 heteroatoms. The molecule has 0 aliphatic heterocycles. The highest BCUT2D eigenvalue weighted by molar-refractivity contribution is 5.69. The summed E-state index contributed by atoms with van der Waals surface area (Å²) in [5.41, 5.74) is 2.48. The third-order valence-electron chi connectivity index (χ3n) is 5.82. The highest BCUT2D eigenvalue weighted by Gasteiger charge is 2.14.